The summed E-state index contributed by atoms with van der Waals surface area (Å²) in [5, 5.41) is 0. The van der Waals surface area contributed by atoms with Crippen LogP contribution >= 0.6 is 0 Å². The molecule has 0 radical (unpaired) electrons. The maximum atomic E-state index is 3.90. The quantitative estimate of drug-likeness (QED) is 0.349. The van der Waals surface area contributed by atoms with Gasteiger partial charge in [0.25, 0.3) is 0 Å². The van der Waals surface area contributed by atoms with Gasteiger partial charge in [-0.05, 0) is 0 Å². The zero-order valence-corrected chi connectivity index (χ0v) is 16.3. The first-order chi connectivity index (χ1) is 8.60. The van der Waals surface area contributed by atoms with E-state index >= 15 is 0 Å². The van der Waals surface area contributed by atoms with Crippen LogP contribution in [0.15, 0.2) is 0 Å². The van der Waals surface area contributed by atoms with E-state index in [1.165, 1.54) is 51.8 Å². The van der Waals surface area contributed by atoms with Gasteiger partial charge in [-0.2, -0.15) is 0 Å². The zero-order valence-electron chi connectivity index (χ0n) is 13.4. The van der Waals surface area contributed by atoms with Crippen LogP contribution in [0.5, 0.6) is 0 Å². The molecule has 0 aromatic carbocycles. The Labute approximate surface area is 120 Å². The zero-order chi connectivity index (χ0) is 13.9. The third kappa shape index (κ3) is 8.46. The Morgan fingerprint density at radius 2 is 1.17 bits per heavy atom. The van der Waals surface area contributed by atoms with Crippen molar-refractivity contribution in [3.05, 3.63) is 0 Å². The normalized spacial score (nSPS) is 11.4. The molecule has 0 aliphatic heterocycles. The van der Waals surface area contributed by atoms with E-state index in [1.54, 1.807) is 0 Å². The monoisotopic (exact) mass is 358 g/mol. The molecule has 0 amide bonds. The van der Waals surface area contributed by atoms with E-state index in [4.69, 9.17) is 0 Å². The van der Waals surface area contributed by atoms with Crippen LogP contribution in [0.25, 0.3) is 0 Å². The van der Waals surface area contributed by atoms with Gasteiger partial charge in [-0.1, -0.05) is 0 Å². The first-order valence-corrected chi connectivity index (χ1v) is 15.6. The number of rotatable bonds is 9. The second-order valence-electron chi connectivity index (χ2n) is 6.02. The molecule has 0 bridgehead atoms. The number of hydrogen-bond acceptors (Lipinski definition) is 0. The SMILES string of the molecule is CCC[CH2][Sn]([C]#CC(C)C)([CH2]CCC)[CH2]CCC. The molecule has 0 atom stereocenters. The predicted octanol–water partition coefficient (Wildman–Crippen LogP) is 6.03. The fourth-order valence-electron chi connectivity index (χ4n) is 2.41. The molecule has 0 N–H and O–H groups in total. The summed E-state index contributed by atoms with van der Waals surface area (Å²) in [4.78, 5) is 0. The van der Waals surface area contributed by atoms with Gasteiger partial charge in [0.05, 0.1) is 0 Å². The van der Waals surface area contributed by atoms with Gasteiger partial charge in [-0.25, -0.2) is 0 Å². The molecule has 0 fully saturated rings. The summed E-state index contributed by atoms with van der Waals surface area (Å²) in [6.45, 7) is 11.5. The molecule has 18 heavy (non-hydrogen) atoms. The molecule has 0 aliphatic carbocycles. The average Bonchev–Trinajstić information content (AvgIpc) is 2.37. The van der Waals surface area contributed by atoms with Crippen molar-refractivity contribution in [1.29, 1.82) is 0 Å². The molecular formula is C17H34Sn. The third-order valence-corrected chi connectivity index (χ3v) is 16.8. The molecule has 0 saturated carbocycles. The van der Waals surface area contributed by atoms with E-state index in [2.05, 4.69) is 44.5 Å². The molecule has 0 aromatic heterocycles. The van der Waals surface area contributed by atoms with Crippen molar-refractivity contribution in [2.24, 2.45) is 5.92 Å². The molecule has 0 aliphatic rings. The fourth-order valence-corrected chi connectivity index (χ4v) is 16.1. The maximum absolute atomic E-state index is 3.90. The van der Waals surface area contributed by atoms with Gasteiger partial charge in [0.1, 0.15) is 0 Å². The van der Waals surface area contributed by atoms with Gasteiger partial charge in [-0.15, -0.1) is 0 Å². The van der Waals surface area contributed by atoms with Crippen molar-refractivity contribution in [2.75, 3.05) is 0 Å². The Hall–Kier alpha value is 0.359. The minimum absolute atomic E-state index is 0.561. The first kappa shape index (κ1) is 18.4. The first-order valence-electron chi connectivity index (χ1n) is 8.13. The molecule has 0 rings (SSSR count). The van der Waals surface area contributed by atoms with Crippen LogP contribution in [0.4, 0.5) is 0 Å². The Balaban J connectivity index is 4.80. The second kappa shape index (κ2) is 11.2. The topological polar surface area (TPSA) is 0 Å². The van der Waals surface area contributed by atoms with Gasteiger partial charge >= 0.3 is 121 Å². The summed E-state index contributed by atoms with van der Waals surface area (Å²) in [6, 6.07) is 0. The van der Waals surface area contributed by atoms with Crippen molar-refractivity contribution in [1.82, 2.24) is 0 Å². The van der Waals surface area contributed by atoms with Gasteiger partial charge in [-0.3, -0.25) is 0 Å². The number of hydrogen-bond donors (Lipinski definition) is 0. The second-order valence-corrected chi connectivity index (χ2v) is 18.3. The van der Waals surface area contributed by atoms with Crippen molar-refractivity contribution in [3.63, 3.8) is 0 Å². The van der Waals surface area contributed by atoms with Crippen LogP contribution in [0, 0.1) is 15.8 Å². The molecule has 0 aromatic rings. The van der Waals surface area contributed by atoms with Crippen molar-refractivity contribution in [3.8, 4) is 9.86 Å². The van der Waals surface area contributed by atoms with Crippen LogP contribution in [0.3, 0.4) is 0 Å². The summed E-state index contributed by atoms with van der Waals surface area (Å²) in [7, 11) is 0. The molecular weight excluding hydrogens is 323 g/mol. The molecule has 0 spiro atoms. The van der Waals surface area contributed by atoms with Crippen LogP contribution in [0.1, 0.15) is 73.1 Å². The van der Waals surface area contributed by atoms with Crippen molar-refractivity contribution in [2.45, 2.75) is 86.5 Å². The van der Waals surface area contributed by atoms with Crippen LogP contribution in [-0.2, 0) is 0 Å². The summed E-state index contributed by atoms with van der Waals surface area (Å²) < 4.78 is 8.45. The van der Waals surface area contributed by atoms with E-state index < -0.39 is 18.4 Å². The van der Waals surface area contributed by atoms with Gasteiger partial charge in [0.15, 0.2) is 0 Å². The van der Waals surface area contributed by atoms with E-state index in [9.17, 15) is 0 Å². The van der Waals surface area contributed by atoms with E-state index in [1.807, 2.05) is 0 Å². The average molecular weight is 357 g/mol. The van der Waals surface area contributed by atoms with E-state index in [0.29, 0.717) is 5.92 Å². The van der Waals surface area contributed by atoms with E-state index in [-0.39, 0.29) is 0 Å². The van der Waals surface area contributed by atoms with Gasteiger partial charge in [0.2, 0.25) is 0 Å². The van der Waals surface area contributed by atoms with Crippen molar-refractivity contribution >= 4 is 18.4 Å². The Bertz CT molecular complexity index is 222. The molecule has 106 valence electrons. The molecule has 0 saturated heterocycles. The summed E-state index contributed by atoms with van der Waals surface area (Å²) >= 11 is -2.11. The number of unbranched alkanes of at least 4 members (excludes halogenated alkanes) is 3. The molecule has 0 unspecified atom stereocenters. The Morgan fingerprint density at radius 1 is 0.778 bits per heavy atom. The fraction of sp³-hybridized carbons (Fsp3) is 0.882. The standard InChI is InChI=1S/C5H7.3C4H9.Sn/c1-4-5(2)3;3*1-3-4-2;/h5H,2-3H3;3*1,3-4H2,2H3;. The van der Waals surface area contributed by atoms with Crippen LogP contribution in [-0.4, -0.2) is 18.4 Å². The van der Waals surface area contributed by atoms with Crippen LogP contribution < -0.4 is 0 Å². The van der Waals surface area contributed by atoms with Gasteiger partial charge < -0.3 is 0 Å². The van der Waals surface area contributed by atoms with E-state index in [0.717, 1.165) is 0 Å². The van der Waals surface area contributed by atoms with Crippen molar-refractivity contribution < 1.29 is 0 Å². The summed E-state index contributed by atoms with van der Waals surface area (Å²) in [5.74, 6) is 4.12. The van der Waals surface area contributed by atoms with Gasteiger partial charge in [0, 0.05) is 0 Å². The van der Waals surface area contributed by atoms with Crippen LogP contribution in [0.2, 0.25) is 13.3 Å². The third-order valence-electron chi connectivity index (χ3n) is 3.65. The minimum atomic E-state index is -2.11. The predicted molar refractivity (Wildman–Crippen MR) is 87.5 cm³/mol. The Morgan fingerprint density at radius 3 is 1.44 bits per heavy atom. The molecule has 1 heteroatoms. The molecule has 0 heterocycles. The molecule has 0 nitrogen and oxygen atoms in total. The summed E-state index contributed by atoms with van der Waals surface area (Å²) in [5.41, 5.74) is 0. The summed E-state index contributed by atoms with van der Waals surface area (Å²) in [6.07, 6.45) is 8.32. The Kier molecular flexibility index (Phi) is 11.4.